The summed E-state index contributed by atoms with van der Waals surface area (Å²) in [5.74, 6) is 1.84. The van der Waals surface area contributed by atoms with E-state index in [9.17, 15) is 4.79 Å². The number of aryl methyl sites for hydroxylation is 1. The van der Waals surface area contributed by atoms with Crippen LogP contribution < -0.4 is 10.1 Å². The zero-order chi connectivity index (χ0) is 22.7. The third kappa shape index (κ3) is 4.10. The summed E-state index contributed by atoms with van der Waals surface area (Å²) in [6.07, 6.45) is 5.77. The van der Waals surface area contributed by atoms with Gasteiger partial charge in [-0.25, -0.2) is 0 Å². The summed E-state index contributed by atoms with van der Waals surface area (Å²) in [6, 6.07) is 5.66. The van der Waals surface area contributed by atoms with E-state index in [1.165, 1.54) is 0 Å². The van der Waals surface area contributed by atoms with E-state index in [0.717, 1.165) is 49.5 Å². The van der Waals surface area contributed by atoms with Crippen LogP contribution in [-0.2, 0) is 16.1 Å². The van der Waals surface area contributed by atoms with E-state index in [2.05, 4.69) is 15.2 Å². The van der Waals surface area contributed by atoms with Crippen LogP contribution in [0.3, 0.4) is 0 Å². The van der Waals surface area contributed by atoms with Gasteiger partial charge < -0.3 is 24.3 Å². The first-order valence-electron chi connectivity index (χ1n) is 10.8. The number of carbonyl (C=O) groups excluding carboxylic acids is 1. The molecule has 1 spiro atoms. The lowest BCUT2D eigenvalue weighted by Crippen LogP contribution is -2.41. The Morgan fingerprint density at radius 3 is 3.00 bits per heavy atom. The van der Waals surface area contributed by atoms with Crippen molar-refractivity contribution in [2.24, 2.45) is 11.8 Å². The molecule has 3 fully saturated rings. The first kappa shape index (κ1) is 22.3. The van der Waals surface area contributed by atoms with E-state index in [-0.39, 0.29) is 24.1 Å². The minimum atomic E-state index is -0.250. The molecular formula is C23H29N3O6. The SMILES string of the molecule is COc1cccnc1CN1C[C@@H]2[C@H](CNC(=O)c3occc3C)[C@H]3CC[C@]2(C1)O3.O=CO. The van der Waals surface area contributed by atoms with Crippen molar-refractivity contribution in [1.29, 1.82) is 0 Å². The quantitative estimate of drug-likeness (QED) is 0.653. The van der Waals surface area contributed by atoms with Gasteiger partial charge in [0.2, 0.25) is 0 Å². The average molecular weight is 444 g/mol. The molecule has 0 aliphatic carbocycles. The van der Waals surface area contributed by atoms with Gasteiger partial charge in [-0.05, 0) is 38.0 Å². The summed E-state index contributed by atoms with van der Waals surface area (Å²) in [6.45, 7) is 4.87. The van der Waals surface area contributed by atoms with Crippen LogP contribution >= 0.6 is 0 Å². The number of ether oxygens (including phenoxy) is 2. The molecule has 9 nitrogen and oxygen atoms in total. The van der Waals surface area contributed by atoms with E-state index >= 15 is 0 Å². The summed E-state index contributed by atoms with van der Waals surface area (Å²) in [7, 11) is 1.68. The largest absolute Gasteiger partial charge is 0.495 e. The Labute approximate surface area is 186 Å². The van der Waals surface area contributed by atoms with Crippen LogP contribution in [0.25, 0.3) is 0 Å². The highest BCUT2D eigenvalue weighted by atomic mass is 16.5. The number of nitrogens with zero attached hydrogens (tertiary/aromatic N) is 2. The fourth-order valence-corrected chi connectivity index (χ4v) is 5.52. The fourth-order valence-electron chi connectivity index (χ4n) is 5.52. The average Bonchev–Trinajstić information content (AvgIpc) is 3.53. The number of pyridine rings is 1. The van der Waals surface area contributed by atoms with Crippen molar-refractivity contribution in [3.05, 3.63) is 47.7 Å². The van der Waals surface area contributed by atoms with Crippen LogP contribution in [0, 0.1) is 18.8 Å². The van der Waals surface area contributed by atoms with Crippen LogP contribution in [0.1, 0.15) is 34.7 Å². The van der Waals surface area contributed by atoms with Gasteiger partial charge in [0.15, 0.2) is 5.76 Å². The van der Waals surface area contributed by atoms with Crippen molar-refractivity contribution in [2.75, 3.05) is 26.7 Å². The van der Waals surface area contributed by atoms with Crippen LogP contribution in [0.15, 0.2) is 35.1 Å². The fraction of sp³-hybridized carbons (Fsp3) is 0.522. The molecule has 4 atom stereocenters. The third-order valence-corrected chi connectivity index (χ3v) is 6.86. The standard InChI is InChI=1S/C22H27N3O4.CH2O2/c1-14-6-9-28-20(14)21(26)24-10-15-16-11-25(13-22(16)7-5-18(15)29-22)12-17-19(27-2)4-3-8-23-17;2-1-3/h3-4,6,8-9,15-16,18H,5,7,10-13H2,1-2H3,(H,24,26);1H,(H,2,3)/t15-,16+,18+,22+;/m0./s1. The molecule has 2 aromatic heterocycles. The molecule has 5 rings (SSSR count). The monoisotopic (exact) mass is 443 g/mol. The third-order valence-electron chi connectivity index (χ3n) is 6.86. The van der Waals surface area contributed by atoms with Gasteiger partial charge in [-0.3, -0.25) is 19.5 Å². The predicted octanol–water partition coefficient (Wildman–Crippen LogP) is 2.10. The Hall–Kier alpha value is -2.91. The second kappa shape index (κ2) is 9.30. The van der Waals surface area contributed by atoms with E-state index in [0.29, 0.717) is 24.1 Å². The number of rotatable bonds is 6. The highest BCUT2D eigenvalue weighted by molar-refractivity contribution is 5.92. The topological polar surface area (TPSA) is 114 Å². The smallest absolute Gasteiger partial charge is 0.290 e. The van der Waals surface area contributed by atoms with Gasteiger partial charge in [0.1, 0.15) is 5.75 Å². The Morgan fingerprint density at radius 2 is 2.28 bits per heavy atom. The molecule has 172 valence electrons. The molecular weight excluding hydrogens is 414 g/mol. The van der Waals surface area contributed by atoms with E-state index in [1.54, 1.807) is 13.4 Å². The van der Waals surface area contributed by atoms with Gasteiger partial charge in [-0.15, -0.1) is 0 Å². The van der Waals surface area contributed by atoms with Gasteiger partial charge in [0.25, 0.3) is 12.4 Å². The number of aromatic nitrogens is 1. The van der Waals surface area contributed by atoms with Crippen molar-refractivity contribution < 1.29 is 28.6 Å². The van der Waals surface area contributed by atoms with Gasteiger partial charge in [-0.1, -0.05) is 0 Å². The van der Waals surface area contributed by atoms with Crippen molar-refractivity contribution >= 4 is 12.4 Å². The number of carboxylic acid groups (broad SMARTS) is 1. The molecule has 0 radical (unpaired) electrons. The van der Waals surface area contributed by atoms with Crippen LogP contribution in [-0.4, -0.2) is 65.8 Å². The maximum Gasteiger partial charge on any atom is 0.290 e. The molecule has 2 aromatic rings. The summed E-state index contributed by atoms with van der Waals surface area (Å²) in [5, 5.41) is 9.97. The number of hydrogen-bond donors (Lipinski definition) is 2. The summed E-state index contributed by atoms with van der Waals surface area (Å²) in [5.41, 5.74) is 1.74. The highest BCUT2D eigenvalue weighted by Gasteiger charge is 2.62. The van der Waals surface area contributed by atoms with Crippen molar-refractivity contribution in [1.82, 2.24) is 15.2 Å². The summed E-state index contributed by atoms with van der Waals surface area (Å²) in [4.78, 5) is 27.8. The van der Waals surface area contributed by atoms with Gasteiger partial charge in [0.05, 0.1) is 30.8 Å². The maximum absolute atomic E-state index is 12.5. The molecule has 5 heterocycles. The Kier molecular flexibility index (Phi) is 6.48. The Bertz CT molecular complexity index is 963. The Morgan fingerprint density at radius 1 is 1.47 bits per heavy atom. The molecule has 2 bridgehead atoms. The van der Waals surface area contributed by atoms with E-state index in [1.807, 2.05) is 31.3 Å². The molecule has 1 amide bonds. The van der Waals surface area contributed by atoms with Gasteiger partial charge in [-0.2, -0.15) is 0 Å². The molecule has 3 aliphatic rings. The highest BCUT2D eigenvalue weighted by Crippen LogP contribution is 2.54. The van der Waals surface area contributed by atoms with Crippen molar-refractivity contribution in [3.8, 4) is 5.75 Å². The predicted molar refractivity (Wildman–Crippen MR) is 114 cm³/mol. The van der Waals surface area contributed by atoms with E-state index in [4.69, 9.17) is 23.8 Å². The lowest BCUT2D eigenvalue weighted by atomic mass is 9.73. The van der Waals surface area contributed by atoms with Crippen LogP contribution in [0.2, 0.25) is 0 Å². The van der Waals surface area contributed by atoms with Crippen molar-refractivity contribution in [3.63, 3.8) is 0 Å². The lowest BCUT2D eigenvalue weighted by Gasteiger charge is -2.29. The first-order valence-corrected chi connectivity index (χ1v) is 10.8. The second-order valence-corrected chi connectivity index (χ2v) is 8.60. The number of fused-ring (bicyclic) bond motifs is 1. The number of furan rings is 1. The molecule has 0 aromatic carbocycles. The normalized spacial score (nSPS) is 28.0. The minimum Gasteiger partial charge on any atom is -0.495 e. The Balaban J connectivity index is 0.000000775. The second-order valence-electron chi connectivity index (χ2n) is 8.60. The van der Waals surface area contributed by atoms with Gasteiger partial charge in [0, 0.05) is 49.8 Å². The first-order chi connectivity index (χ1) is 15.5. The van der Waals surface area contributed by atoms with Gasteiger partial charge >= 0.3 is 0 Å². The number of amides is 1. The molecule has 32 heavy (non-hydrogen) atoms. The lowest BCUT2D eigenvalue weighted by molar-refractivity contribution is -0.122. The zero-order valence-electron chi connectivity index (χ0n) is 18.3. The number of nitrogens with one attached hydrogen (secondary N) is 1. The molecule has 9 heteroatoms. The number of hydrogen-bond acceptors (Lipinski definition) is 7. The molecule has 0 saturated carbocycles. The summed E-state index contributed by atoms with van der Waals surface area (Å²) < 4.78 is 17.3. The molecule has 2 N–H and O–H groups in total. The number of carbonyl (C=O) groups is 2. The summed E-state index contributed by atoms with van der Waals surface area (Å²) >= 11 is 0. The molecule has 3 saturated heterocycles. The number of methoxy groups -OCH3 is 1. The zero-order valence-corrected chi connectivity index (χ0v) is 18.3. The maximum atomic E-state index is 12.5. The van der Waals surface area contributed by atoms with Crippen LogP contribution in [0.4, 0.5) is 0 Å². The van der Waals surface area contributed by atoms with E-state index < -0.39 is 0 Å². The molecule has 3 aliphatic heterocycles. The minimum absolute atomic E-state index is 0.0807. The number of likely N-dealkylation sites (tertiary alicyclic amines) is 1. The van der Waals surface area contributed by atoms with Crippen molar-refractivity contribution in [2.45, 2.75) is 38.0 Å². The van der Waals surface area contributed by atoms with Crippen LogP contribution in [0.5, 0.6) is 5.75 Å². The molecule has 0 unspecified atom stereocenters.